The topological polar surface area (TPSA) is 35.2 Å². The van der Waals surface area contributed by atoms with Gasteiger partial charge < -0.3 is 10.5 Å². The van der Waals surface area contributed by atoms with Crippen molar-refractivity contribution in [3.8, 4) is 11.5 Å². The number of unbranched alkanes of at least 4 members (excludes halogenated alkanes) is 1. The van der Waals surface area contributed by atoms with Crippen molar-refractivity contribution in [3.63, 3.8) is 0 Å². The first kappa shape index (κ1) is 15.5. The number of rotatable bonds is 7. The lowest BCUT2D eigenvalue weighted by atomic mass is 10.1. The predicted molar refractivity (Wildman–Crippen MR) is 84.3 cm³/mol. The number of hydrogen-bond donors (Lipinski definition) is 1. The Morgan fingerprint density at radius 2 is 1.81 bits per heavy atom. The first-order valence-electron chi connectivity index (χ1n) is 7.49. The molecule has 0 aliphatic rings. The summed E-state index contributed by atoms with van der Waals surface area (Å²) in [6, 6.07) is 12.9. The molecule has 0 amide bonds. The second-order valence-corrected chi connectivity index (χ2v) is 5.10. The van der Waals surface area contributed by atoms with Crippen molar-refractivity contribution in [3.05, 3.63) is 59.4 Å². The Kier molecular flexibility index (Phi) is 5.76. The van der Waals surface area contributed by atoms with E-state index in [0.717, 1.165) is 12.2 Å². The van der Waals surface area contributed by atoms with Crippen molar-refractivity contribution in [2.75, 3.05) is 6.54 Å². The van der Waals surface area contributed by atoms with Crippen LogP contribution in [0.2, 0.25) is 0 Å². The van der Waals surface area contributed by atoms with Crippen LogP contribution in [0.25, 0.3) is 0 Å². The summed E-state index contributed by atoms with van der Waals surface area (Å²) in [6.07, 6.45) is 3.92. The van der Waals surface area contributed by atoms with Crippen LogP contribution in [0.15, 0.2) is 42.5 Å². The molecule has 0 aromatic heterocycles. The largest absolute Gasteiger partial charge is 0.457 e. The van der Waals surface area contributed by atoms with E-state index >= 15 is 0 Å². The van der Waals surface area contributed by atoms with E-state index in [-0.39, 0.29) is 5.82 Å². The van der Waals surface area contributed by atoms with E-state index in [1.807, 2.05) is 12.1 Å². The van der Waals surface area contributed by atoms with Crippen molar-refractivity contribution in [2.24, 2.45) is 5.73 Å². The van der Waals surface area contributed by atoms with Gasteiger partial charge in [-0.25, -0.2) is 4.39 Å². The number of aryl methyl sites for hydroxylation is 1. The summed E-state index contributed by atoms with van der Waals surface area (Å²) in [6.45, 7) is 2.58. The van der Waals surface area contributed by atoms with Crippen LogP contribution in [-0.4, -0.2) is 6.54 Å². The van der Waals surface area contributed by atoms with Crippen LogP contribution in [0.4, 0.5) is 4.39 Å². The van der Waals surface area contributed by atoms with Gasteiger partial charge in [-0.05, 0) is 55.6 Å². The van der Waals surface area contributed by atoms with Crippen LogP contribution in [0.5, 0.6) is 11.5 Å². The van der Waals surface area contributed by atoms with E-state index in [9.17, 15) is 4.39 Å². The maximum atomic E-state index is 13.8. The second kappa shape index (κ2) is 7.79. The predicted octanol–water partition coefficient (Wildman–Crippen LogP) is 4.46. The SMILES string of the molecule is CCCCc1ccc(Oc2cccc(F)c2CCN)cc1. The van der Waals surface area contributed by atoms with E-state index in [2.05, 4.69) is 19.1 Å². The number of hydrogen-bond acceptors (Lipinski definition) is 2. The zero-order chi connectivity index (χ0) is 15.1. The fourth-order valence-corrected chi connectivity index (χ4v) is 2.25. The number of halogens is 1. The molecule has 0 aliphatic carbocycles. The van der Waals surface area contributed by atoms with Crippen LogP contribution < -0.4 is 10.5 Å². The van der Waals surface area contributed by atoms with Gasteiger partial charge in [0.2, 0.25) is 0 Å². The van der Waals surface area contributed by atoms with Crippen LogP contribution >= 0.6 is 0 Å². The molecular formula is C18H22FNO. The minimum atomic E-state index is -0.266. The van der Waals surface area contributed by atoms with E-state index in [4.69, 9.17) is 10.5 Å². The molecule has 112 valence electrons. The van der Waals surface area contributed by atoms with Gasteiger partial charge in [0.25, 0.3) is 0 Å². The molecule has 3 heteroatoms. The number of benzene rings is 2. The Labute approximate surface area is 125 Å². The molecule has 2 N–H and O–H groups in total. The molecule has 2 aromatic rings. The molecule has 2 nitrogen and oxygen atoms in total. The highest BCUT2D eigenvalue weighted by Crippen LogP contribution is 2.27. The standard InChI is InChI=1S/C18H22FNO/c1-2-3-5-14-8-10-15(11-9-14)21-18-7-4-6-17(19)16(18)12-13-20/h4,6-11H,2-3,5,12-13,20H2,1H3. The van der Waals surface area contributed by atoms with Gasteiger partial charge in [-0.1, -0.05) is 31.5 Å². The van der Waals surface area contributed by atoms with Gasteiger partial charge in [-0.2, -0.15) is 0 Å². The quantitative estimate of drug-likeness (QED) is 0.816. The number of nitrogens with two attached hydrogens (primary N) is 1. The van der Waals surface area contributed by atoms with E-state index in [0.29, 0.717) is 24.3 Å². The van der Waals surface area contributed by atoms with Gasteiger partial charge in [0.05, 0.1) is 0 Å². The molecular weight excluding hydrogens is 265 g/mol. The molecule has 0 fully saturated rings. The maximum Gasteiger partial charge on any atom is 0.133 e. The van der Waals surface area contributed by atoms with Crippen LogP contribution in [0.3, 0.4) is 0 Å². The zero-order valence-corrected chi connectivity index (χ0v) is 12.4. The average molecular weight is 287 g/mol. The molecule has 21 heavy (non-hydrogen) atoms. The maximum absolute atomic E-state index is 13.8. The molecule has 2 rings (SSSR count). The minimum absolute atomic E-state index is 0.266. The van der Waals surface area contributed by atoms with Crippen molar-refractivity contribution in [2.45, 2.75) is 32.6 Å². The number of ether oxygens (including phenoxy) is 1. The highest BCUT2D eigenvalue weighted by Gasteiger charge is 2.09. The zero-order valence-electron chi connectivity index (χ0n) is 12.4. The molecule has 0 saturated heterocycles. The van der Waals surface area contributed by atoms with Gasteiger partial charge in [0.15, 0.2) is 0 Å². The van der Waals surface area contributed by atoms with E-state index < -0.39 is 0 Å². The van der Waals surface area contributed by atoms with Gasteiger partial charge in [0.1, 0.15) is 17.3 Å². The molecule has 0 unspecified atom stereocenters. The highest BCUT2D eigenvalue weighted by atomic mass is 19.1. The Balaban J connectivity index is 2.12. The molecule has 0 radical (unpaired) electrons. The van der Waals surface area contributed by atoms with Crippen LogP contribution in [0.1, 0.15) is 30.9 Å². The normalized spacial score (nSPS) is 10.6. The molecule has 0 bridgehead atoms. The summed E-state index contributed by atoms with van der Waals surface area (Å²) in [5.41, 5.74) is 7.37. The first-order chi connectivity index (χ1) is 10.2. The van der Waals surface area contributed by atoms with E-state index in [1.54, 1.807) is 12.1 Å². The smallest absolute Gasteiger partial charge is 0.133 e. The van der Waals surface area contributed by atoms with Gasteiger partial charge >= 0.3 is 0 Å². The Hall–Kier alpha value is -1.87. The summed E-state index contributed by atoms with van der Waals surface area (Å²) in [5.74, 6) is 0.999. The first-order valence-corrected chi connectivity index (χ1v) is 7.49. The second-order valence-electron chi connectivity index (χ2n) is 5.10. The molecule has 0 heterocycles. The van der Waals surface area contributed by atoms with Gasteiger partial charge in [-0.15, -0.1) is 0 Å². The summed E-state index contributed by atoms with van der Waals surface area (Å²) < 4.78 is 19.6. The van der Waals surface area contributed by atoms with Crippen molar-refractivity contribution in [1.29, 1.82) is 0 Å². The molecule has 0 atom stereocenters. The third-order valence-electron chi connectivity index (χ3n) is 3.44. The average Bonchev–Trinajstić information content (AvgIpc) is 2.50. The van der Waals surface area contributed by atoms with Crippen molar-refractivity contribution < 1.29 is 9.13 Å². The Morgan fingerprint density at radius 3 is 2.48 bits per heavy atom. The lowest BCUT2D eigenvalue weighted by Crippen LogP contribution is -2.06. The third kappa shape index (κ3) is 4.30. The summed E-state index contributed by atoms with van der Waals surface area (Å²) in [5, 5.41) is 0. The lowest BCUT2D eigenvalue weighted by molar-refractivity contribution is 0.467. The Bertz CT molecular complexity index is 566. The van der Waals surface area contributed by atoms with Crippen LogP contribution in [-0.2, 0) is 12.8 Å². The molecule has 0 spiro atoms. The van der Waals surface area contributed by atoms with Gasteiger partial charge in [-0.3, -0.25) is 0 Å². The monoisotopic (exact) mass is 287 g/mol. The fraction of sp³-hybridized carbons (Fsp3) is 0.333. The van der Waals surface area contributed by atoms with Crippen molar-refractivity contribution in [1.82, 2.24) is 0 Å². The van der Waals surface area contributed by atoms with Gasteiger partial charge in [0, 0.05) is 5.56 Å². The Morgan fingerprint density at radius 1 is 1.05 bits per heavy atom. The lowest BCUT2D eigenvalue weighted by Gasteiger charge is -2.12. The summed E-state index contributed by atoms with van der Waals surface area (Å²) in [4.78, 5) is 0. The van der Waals surface area contributed by atoms with Crippen LogP contribution in [0, 0.1) is 5.82 Å². The fourth-order valence-electron chi connectivity index (χ4n) is 2.25. The molecule has 2 aromatic carbocycles. The summed E-state index contributed by atoms with van der Waals surface area (Å²) >= 11 is 0. The molecule has 0 aliphatic heterocycles. The minimum Gasteiger partial charge on any atom is -0.457 e. The van der Waals surface area contributed by atoms with Crippen molar-refractivity contribution >= 4 is 0 Å². The molecule has 0 saturated carbocycles. The third-order valence-corrected chi connectivity index (χ3v) is 3.44. The summed E-state index contributed by atoms with van der Waals surface area (Å²) in [7, 11) is 0. The van der Waals surface area contributed by atoms with E-state index in [1.165, 1.54) is 24.5 Å². The highest BCUT2D eigenvalue weighted by molar-refractivity contribution is 5.39.